The van der Waals surface area contributed by atoms with Crippen LogP contribution in [0, 0.1) is 5.92 Å². The third-order valence-electron chi connectivity index (χ3n) is 8.07. The minimum atomic E-state index is -5.06. The monoisotopic (exact) mass is 668 g/mol. The largest absolute Gasteiger partial charge is 0.573 e. The maximum Gasteiger partial charge on any atom is 0.573 e. The molecule has 3 N–H and O–H groups in total. The number of carbonyl (C=O) groups excluding carboxylic acids is 2. The van der Waals surface area contributed by atoms with Crippen molar-refractivity contribution in [2.45, 2.75) is 61.2 Å². The van der Waals surface area contributed by atoms with Crippen LogP contribution < -0.4 is 20.1 Å². The lowest BCUT2D eigenvalue weighted by Gasteiger charge is -2.27. The van der Waals surface area contributed by atoms with Crippen LogP contribution in [0.15, 0.2) is 34.8 Å². The van der Waals surface area contributed by atoms with E-state index in [1.165, 1.54) is 18.5 Å². The molecule has 0 bridgehead atoms. The molecule has 3 aliphatic rings. The predicted molar refractivity (Wildman–Crippen MR) is 158 cm³/mol. The van der Waals surface area contributed by atoms with Gasteiger partial charge in [-0.1, -0.05) is 11.3 Å². The van der Waals surface area contributed by atoms with Crippen LogP contribution in [0.1, 0.15) is 37.7 Å². The average Bonchev–Trinajstić information content (AvgIpc) is 3.32. The number of benzene rings is 1. The SMILES string of the molecule is Nc1nccc2cc(CC(C(=O)OCC3CC3)N3CCC(NS(=O)(=O)c4cnc(N5CCCC5)s4)C3=O)c(OC(F)(F)F)cc12. The Labute approximate surface area is 260 Å². The van der Waals surface area contributed by atoms with Gasteiger partial charge in [-0.15, -0.1) is 13.2 Å². The van der Waals surface area contributed by atoms with E-state index in [-0.39, 0.29) is 52.9 Å². The van der Waals surface area contributed by atoms with Gasteiger partial charge in [0.15, 0.2) is 9.34 Å². The summed E-state index contributed by atoms with van der Waals surface area (Å²) in [6.07, 6.45) is 0.983. The molecule has 1 amide bonds. The number of hydrogen-bond donors (Lipinski definition) is 2. The number of thiazole rings is 1. The van der Waals surface area contributed by atoms with Crippen molar-refractivity contribution in [3.05, 3.63) is 36.2 Å². The van der Waals surface area contributed by atoms with Gasteiger partial charge in [0, 0.05) is 37.6 Å². The molecule has 0 spiro atoms. The summed E-state index contributed by atoms with van der Waals surface area (Å²) in [5.74, 6) is -1.91. The van der Waals surface area contributed by atoms with Crippen LogP contribution in [0.25, 0.3) is 10.8 Å². The zero-order valence-corrected chi connectivity index (χ0v) is 25.6. The molecule has 242 valence electrons. The molecule has 1 aromatic carbocycles. The number of sulfonamides is 1. The quantitative estimate of drug-likeness (QED) is 0.291. The van der Waals surface area contributed by atoms with Gasteiger partial charge in [0.05, 0.1) is 12.8 Å². The summed E-state index contributed by atoms with van der Waals surface area (Å²) in [5, 5.41) is 1.25. The second-order valence-electron chi connectivity index (χ2n) is 11.4. The van der Waals surface area contributed by atoms with E-state index in [0.29, 0.717) is 10.5 Å². The van der Waals surface area contributed by atoms with Gasteiger partial charge in [-0.2, -0.15) is 4.72 Å². The molecule has 45 heavy (non-hydrogen) atoms. The molecule has 2 aromatic heterocycles. The number of rotatable bonds is 11. The number of nitrogens with two attached hydrogens (primary N) is 1. The van der Waals surface area contributed by atoms with E-state index in [1.54, 1.807) is 6.07 Å². The number of alkyl halides is 3. The first-order chi connectivity index (χ1) is 21.4. The lowest BCUT2D eigenvalue weighted by Crippen LogP contribution is -2.48. The summed E-state index contributed by atoms with van der Waals surface area (Å²) in [7, 11) is -4.13. The van der Waals surface area contributed by atoms with Crippen LogP contribution in [-0.2, 0) is 30.8 Å². The van der Waals surface area contributed by atoms with Crippen LogP contribution in [0.4, 0.5) is 24.1 Å². The Morgan fingerprint density at radius 3 is 2.62 bits per heavy atom. The highest BCUT2D eigenvalue weighted by Crippen LogP contribution is 2.35. The lowest BCUT2D eigenvalue weighted by atomic mass is 10.00. The first-order valence-corrected chi connectivity index (χ1v) is 16.8. The second kappa shape index (κ2) is 12.2. The smallest absolute Gasteiger partial charge is 0.464 e. The molecule has 4 heterocycles. The number of nitrogens with one attached hydrogen (secondary N) is 1. The van der Waals surface area contributed by atoms with Crippen molar-refractivity contribution < 1.29 is 40.7 Å². The van der Waals surface area contributed by atoms with Crippen molar-refractivity contribution in [3.8, 4) is 5.75 Å². The molecule has 2 unspecified atom stereocenters. The van der Waals surface area contributed by atoms with Crippen LogP contribution in [0.3, 0.4) is 0 Å². The molecule has 12 nitrogen and oxygen atoms in total. The number of hydrogen-bond acceptors (Lipinski definition) is 11. The average molecular weight is 669 g/mol. The zero-order chi connectivity index (χ0) is 31.9. The highest BCUT2D eigenvalue weighted by Gasteiger charge is 2.43. The van der Waals surface area contributed by atoms with Gasteiger partial charge in [-0.05, 0) is 67.2 Å². The summed E-state index contributed by atoms with van der Waals surface area (Å²) >= 11 is 1.00. The molecule has 2 aliphatic heterocycles. The Hall–Kier alpha value is -3.70. The predicted octanol–water partition coefficient (Wildman–Crippen LogP) is 3.22. The van der Waals surface area contributed by atoms with Crippen molar-refractivity contribution in [1.82, 2.24) is 19.6 Å². The van der Waals surface area contributed by atoms with Crippen LogP contribution in [0.2, 0.25) is 0 Å². The number of pyridine rings is 1. The minimum absolute atomic E-state index is 0.00944. The van der Waals surface area contributed by atoms with Gasteiger partial charge >= 0.3 is 12.3 Å². The van der Waals surface area contributed by atoms with Gasteiger partial charge in [-0.3, -0.25) is 4.79 Å². The Morgan fingerprint density at radius 1 is 1.16 bits per heavy atom. The maximum absolute atomic E-state index is 13.6. The number of nitrogen functional groups attached to an aromatic ring is 1. The van der Waals surface area contributed by atoms with Crippen molar-refractivity contribution in [3.63, 3.8) is 0 Å². The molecule has 2 atom stereocenters. The fourth-order valence-electron chi connectivity index (χ4n) is 5.56. The normalized spacial score (nSPS) is 19.8. The second-order valence-corrected chi connectivity index (χ2v) is 14.3. The molecule has 17 heteroatoms. The number of fused-ring (bicyclic) bond motifs is 1. The molecule has 1 aliphatic carbocycles. The van der Waals surface area contributed by atoms with Gasteiger partial charge in [0.2, 0.25) is 5.91 Å². The summed E-state index contributed by atoms with van der Waals surface area (Å²) in [4.78, 5) is 38.3. The fraction of sp³-hybridized carbons (Fsp3) is 0.500. The lowest BCUT2D eigenvalue weighted by molar-refractivity contribution is -0.274. The highest BCUT2D eigenvalue weighted by molar-refractivity contribution is 7.91. The number of ether oxygens (including phenoxy) is 2. The van der Waals surface area contributed by atoms with Crippen molar-refractivity contribution in [2.24, 2.45) is 5.92 Å². The number of amides is 1. The van der Waals surface area contributed by atoms with Gasteiger partial charge in [0.1, 0.15) is 23.7 Å². The molecule has 6 rings (SSSR count). The standard InChI is InChI=1S/C28H31F3N6O6S2/c29-28(30,31)43-22-13-19-17(5-7-33-24(19)32)11-18(22)12-21(26(39)42-15-16-3-4-16)37-10-6-20(25(37)38)35-45(40,41)23-14-34-27(44-23)36-8-1-2-9-36/h5,7,11,13-14,16,20-21,35H,1-4,6,8-10,12,15H2,(H2,32,33). The first kappa shape index (κ1) is 31.3. The third kappa shape index (κ3) is 7.09. The molecule has 1 saturated carbocycles. The molecular weight excluding hydrogens is 637 g/mol. The van der Waals surface area contributed by atoms with E-state index >= 15 is 0 Å². The Kier molecular flexibility index (Phi) is 8.51. The van der Waals surface area contributed by atoms with Gasteiger partial charge in [0.25, 0.3) is 10.0 Å². The summed E-state index contributed by atoms with van der Waals surface area (Å²) in [6.45, 7) is 1.65. The number of likely N-dealkylation sites (tertiary alicyclic amines) is 1. The fourth-order valence-corrected chi connectivity index (χ4v) is 7.97. The summed E-state index contributed by atoms with van der Waals surface area (Å²) < 4.78 is 78.9. The minimum Gasteiger partial charge on any atom is -0.464 e. The maximum atomic E-state index is 13.6. The number of aromatic nitrogens is 2. The molecule has 2 saturated heterocycles. The summed E-state index contributed by atoms with van der Waals surface area (Å²) in [6, 6.07) is 1.51. The van der Waals surface area contributed by atoms with E-state index < -0.39 is 46.1 Å². The van der Waals surface area contributed by atoms with Crippen LogP contribution >= 0.6 is 11.3 Å². The molecular formula is C28H31F3N6O6S2. The third-order valence-corrected chi connectivity index (χ3v) is 11.1. The van der Waals surface area contributed by atoms with Gasteiger partial charge in [-0.25, -0.2) is 23.2 Å². The molecule has 3 aromatic rings. The van der Waals surface area contributed by atoms with Crippen molar-refractivity contribution >= 4 is 55.0 Å². The van der Waals surface area contributed by atoms with E-state index in [4.69, 9.17) is 10.5 Å². The summed E-state index contributed by atoms with van der Waals surface area (Å²) in [5.41, 5.74) is 5.87. The Bertz CT molecular complexity index is 1710. The highest BCUT2D eigenvalue weighted by atomic mass is 32.2. The van der Waals surface area contributed by atoms with E-state index in [1.807, 2.05) is 4.90 Å². The number of nitrogens with zero attached hydrogens (tertiary/aromatic N) is 4. The first-order valence-electron chi connectivity index (χ1n) is 14.5. The van der Waals surface area contributed by atoms with E-state index in [2.05, 4.69) is 19.4 Å². The van der Waals surface area contributed by atoms with Crippen LogP contribution in [-0.4, -0.2) is 79.8 Å². The Balaban J connectivity index is 1.26. The van der Waals surface area contributed by atoms with E-state index in [0.717, 1.165) is 61.1 Å². The topological polar surface area (TPSA) is 157 Å². The van der Waals surface area contributed by atoms with Gasteiger partial charge < -0.3 is 25.0 Å². The number of anilines is 2. The zero-order valence-electron chi connectivity index (χ0n) is 24.0. The number of halogens is 3. The number of carbonyl (C=O) groups is 2. The van der Waals surface area contributed by atoms with E-state index in [9.17, 15) is 31.2 Å². The van der Waals surface area contributed by atoms with Crippen molar-refractivity contribution in [1.29, 1.82) is 0 Å². The molecule has 0 radical (unpaired) electrons. The van der Waals surface area contributed by atoms with Crippen LogP contribution in [0.5, 0.6) is 5.75 Å². The Morgan fingerprint density at radius 2 is 1.91 bits per heavy atom. The molecule has 3 fully saturated rings. The van der Waals surface area contributed by atoms with Crippen molar-refractivity contribution in [2.75, 3.05) is 36.9 Å². The number of esters is 1.